The van der Waals surface area contributed by atoms with Gasteiger partial charge in [-0.2, -0.15) is 5.10 Å². The van der Waals surface area contributed by atoms with Crippen LogP contribution in [0, 0.1) is 5.92 Å². The Kier molecular flexibility index (Phi) is 3.72. The number of hydrogen-bond donors (Lipinski definition) is 2. The van der Waals surface area contributed by atoms with Crippen LogP contribution in [0.3, 0.4) is 0 Å². The van der Waals surface area contributed by atoms with E-state index in [1.54, 1.807) is 0 Å². The molecule has 84 valence electrons. The van der Waals surface area contributed by atoms with Crippen LogP contribution in [0.15, 0.2) is 0 Å². The molecule has 0 radical (unpaired) electrons. The summed E-state index contributed by atoms with van der Waals surface area (Å²) in [6.45, 7) is 4.46. The highest BCUT2D eigenvalue weighted by molar-refractivity contribution is 4.92. The minimum absolute atomic E-state index is 0.737. The van der Waals surface area contributed by atoms with E-state index in [4.69, 9.17) is 0 Å². The van der Waals surface area contributed by atoms with Gasteiger partial charge in [0.1, 0.15) is 5.82 Å². The molecule has 1 saturated heterocycles. The van der Waals surface area contributed by atoms with Crippen LogP contribution in [0.4, 0.5) is 0 Å². The SMILES string of the molecule is CCCc1n[nH]c(CC2CCCNC2)n1. The molecule has 0 saturated carbocycles. The zero-order valence-corrected chi connectivity index (χ0v) is 9.42. The number of hydrogen-bond acceptors (Lipinski definition) is 3. The molecule has 1 unspecified atom stereocenters. The fourth-order valence-corrected chi connectivity index (χ4v) is 2.13. The van der Waals surface area contributed by atoms with Gasteiger partial charge in [-0.1, -0.05) is 6.92 Å². The van der Waals surface area contributed by atoms with E-state index in [0.29, 0.717) is 0 Å². The molecule has 4 heteroatoms. The summed E-state index contributed by atoms with van der Waals surface area (Å²) >= 11 is 0. The summed E-state index contributed by atoms with van der Waals surface area (Å²) in [5, 5.41) is 10.7. The molecule has 15 heavy (non-hydrogen) atoms. The zero-order chi connectivity index (χ0) is 10.5. The second kappa shape index (κ2) is 5.26. The number of H-pyrrole nitrogens is 1. The summed E-state index contributed by atoms with van der Waals surface area (Å²) < 4.78 is 0. The van der Waals surface area contributed by atoms with Gasteiger partial charge < -0.3 is 5.32 Å². The molecular weight excluding hydrogens is 188 g/mol. The Hall–Kier alpha value is -0.900. The molecule has 2 N–H and O–H groups in total. The van der Waals surface area contributed by atoms with E-state index in [0.717, 1.165) is 43.4 Å². The maximum Gasteiger partial charge on any atom is 0.150 e. The summed E-state index contributed by atoms with van der Waals surface area (Å²) in [5.41, 5.74) is 0. The lowest BCUT2D eigenvalue weighted by molar-refractivity contribution is 0.371. The molecular formula is C11H20N4. The second-order valence-electron chi connectivity index (χ2n) is 4.36. The first kappa shape index (κ1) is 10.6. The Balaban J connectivity index is 1.86. The van der Waals surface area contributed by atoms with Crippen molar-refractivity contribution >= 4 is 0 Å². The smallest absolute Gasteiger partial charge is 0.150 e. The number of piperidine rings is 1. The summed E-state index contributed by atoms with van der Waals surface area (Å²) in [5.74, 6) is 2.77. The van der Waals surface area contributed by atoms with Crippen molar-refractivity contribution in [1.82, 2.24) is 20.5 Å². The van der Waals surface area contributed by atoms with Crippen LogP contribution in [-0.2, 0) is 12.8 Å². The number of nitrogens with zero attached hydrogens (tertiary/aromatic N) is 2. The molecule has 0 amide bonds. The normalized spacial score (nSPS) is 21.8. The van der Waals surface area contributed by atoms with E-state index in [2.05, 4.69) is 27.4 Å². The third-order valence-corrected chi connectivity index (χ3v) is 2.93. The van der Waals surface area contributed by atoms with E-state index in [-0.39, 0.29) is 0 Å². The predicted octanol–water partition coefficient (Wildman–Crippen LogP) is 1.30. The molecule has 1 aliphatic heterocycles. The lowest BCUT2D eigenvalue weighted by Gasteiger charge is -2.21. The highest BCUT2D eigenvalue weighted by atomic mass is 15.2. The van der Waals surface area contributed by atoms with E-state index in [9.17, 15) is 0 Å². The van der Waals surface area contributed by atoms with Gasteiger partial charge in [-0.25, -0.2) is 4.98 Å². The van der Waals surface area contributed by atoms with Crippen LogP contribution in [0.2, 0.25) is 0 Å². The van der Waals surface area contributed by atoms with Gasteiger partial charge in [0.15, 0.2) is 5.82 Å². The van der Waals surface area contributed by atoms with Crippen molar-refractivity contribution in [1.29, 1.82) is 0 Å². The molecule has 1 aromatic heterocycles. The minimum Gasteiger partial charge on any atom is -0.316 e. The highest BCUT2D eigenvalue weighted by Crippen LogP contribution is 2.14. The minimum atomic E-state index is 0.737. The first-order valence-electron chi connectivity index (χ1n) is 5.99. The van der Waals surface area contributed by atoms with Crippen LogP contribution in [-0.4, -0.2) is 28.3 Å². The molecule has 0 bridgehead atoms. The number of aromatic nitrogens is 3. The predicted molar refractivity (Wildman–Crippen MR) is 59.7 cm³/mol. The molecule has 1 atom stereocenters. The maximum atomic E-state index is 4.50. The Labute approximate surface area is 90.9 Å². The molecule has 0 aliphatic carbocycles. The highest BCUT2D eigenvalue weighted by Gasteiger charge is 2.15. The Morgan fingerprint density at radius 2 is 2.40 bits per heavy atom. The molecule has 1 aromatic rings. The lowest BCUT2D eigenvalue weighted by atomic mass is 9.96. The monoisotopic (exact) mass is 208 g/mol. The van der Waals surface area contributed by atoms with Gasteiger partial charge in [-0.05, 0) is 38.3 Å². The van der Waals surface area contributed by atoms with E-state index in [1.165, 1.54) is 19.4 Å². The van der Waals surface area contributed by atoms with Crippen molar-refractivity contribution in [3.8, 4) is 0 Å². The molecule has 4 nitrogen and oxygen atoms in total. The van der Waals surface area contributed by atoms with E-state index in [1.807, 2.05) is 0 Å². The molecule has 1 aliphatic rings. The van der Waals surface area contributed by atoms with Crippen molar-refractivity contribution in [3.05, 3.63) is 11.6 Å². The Bertz CT molecular complexity index is 289. The lowest BCUT2D eigenvalue weighted by Crippen LogP contribution is -2.31. The van der Waals surface area contributed by atoms with Gasteiger partial charge in [0.05, 0.1) is 0 Å². The van der Waals surface area contributed by atoms with Crippen LogP contribution in [0.5, 0.6) is 0 Å². The Morgan fingerprint density at radius 1 is 1.47 bits per heavy atom. The third kappa shape index (κ3) is 3.02. The molecule has 2 rings (SSSR count). The van der Waals surface area contributed by atoms with Crippen LogP contribution in [0.1, 0.15) is 37.8 Å². The van der Waals surface area contributed by atoms with Gasteiger partial charge >= 0.3 is 0 Å². The zero-order valence-electron chi connectivity index (χ0n) is 9.42. The third-order valence-electron chi connectivity index (χ3n) is 2.93. The summed E-state index contributed by atoms with van der Waals surface area (Å²) in [4.78, 5) is 4.50. The fourth-order valence-electron chi connectivity index (χ4n) is 2.13. The van der Waals surface area contributed by atoms with Crippen LogP contribution < -0.4 is 5.32 Å². The number of nitrogens with one attached hydrogen (secondary N) is 2. The second-order valence-corrected chi connectivity index (χ2v) is 4.36. The van der Waals surface area contributed by atoms with Crippen LogP contribution >= 0.6 is 0 Å². The van der Waals surface area contributed by atoms with Gasteiger partial charge in [0.25, 0.3) is 0 Å². The summed E-state index contributed by atoms with van der Waals surface area (Å²) in [6, 6.07) is 0. The number of aromatic amines is 1. The van der Waals surface area contributed by atoms with Gasteiger partial charge in [0, 0.05) is 12.8 Å². The molecule has 0 aromatic carbocycles. The average Bonchev–Trinajstić information content (AvgIpc) is 2.68. The fraction of sp³-hybridized carbons (Fsp3) is 0.818. The van der Waals surface area contributed by atoms with Gasteiger partial charge in [0.2, 0.25) is 0 Å². The summed E-state index contributed by atoms with van der Waals surface area (Å²) in [7, 11) is 0. The van der Waals surface area contributed by atoms with Crippen molar-refractivity contribution in [2.24, 2.45) is 5.92 Å². The van der Waals surface area contributed by atoms with Gasteiger partial charge in [-0.15, -0.1) is 0 Å². The topological polar surface area (TPSA) is 53.6 Å². The first-order valence-corrected chi connectivity index (χ1v) is 5.99. The molecule has 0 spiro atoms. The van der Waals surface area contributed by atoms with Gasteiger partial charge in [-0.3, -0.25) is 5.10 Å². The molecule has 1 fully saturated rings. The number of rotatable bonds is 4. The largest absolute Gasteiger partial charge is 0.316 e. The summed E-state index contributed by atoms with van der Waals surface area (Å²) in [6.07, 6.45) is 5.75. The maximum absolute atomic E-state index is 4.50. The average molecular weight is 208 g/mol. The number of aryl methyl sites for hydroxylation is 1. The molecule has 2 heterocycles. The first-order chi connectivity index (χ1) is 7.38. The van der Waals surface area contributed by atoms with Crippen molar-refractivity contribution in [2.45, 2.75) is 39.0 Å². The quantitative estimate of drug-likeness (QED) is 0.784. The van der Waals surface area contributed by atoms with E-state index >= 15 is 0 Å². The standard InChI is InChI=1S/C11H20N4/c1-2-4-10-13-11(15-14-10)7-9-5-3-6-12-8-9/h9,12H,2-8H2,1H3,(H,13,14,15). The van der Waals surface area contributed by atoms with Crippen LogP contribution in [0.25, 0.3) is 0 Å². The van der Waals surface area contributed by atoms with E-state index < -0.39 is 0 Å². The van der Waals surface area contributed by atoms with Crippen molar-refractivity contribution < 1.29 is 0 Å². The van der Waals surface area contributed by atoms with Crippen molar-refractivity contribution in [3.63, 3.8) is 0 Å². The van der Waals surface area contributed by atoms with Crippen molar-refractivity contribution in [2.75, 3.05) is 13.1 Å². The Morgan fingerprint density at radius 3 is 3.13 bits per heavy atom.